The van der Waals surface area contributed by atoms with Crippen LogP contribution in [0.15, 0.2) is 0 Å². The van der Waals surface area contributed by atoms with Crippen molar-refractivity contribution in [2.24, 2.45) is 0 Å². The van der Waals surface area contributed by atoms with Crippen LogP contribution in [0.3, 0.4) is 0 Å². The van der Waals surface area contributed by atoms with Gasteiger partial charge in [-0.1, -0.05) is 0 Å². The highest BCUT2D eigenvalue weighted by Crippen LogP contribution is 2.19. The number of nitro groups is 3. The fraction of sp³-hybridized carbons (Fsp3) is 0.714. The fourth-order valence-corrected chi connectivity index (χ4v) is 1.08. The molecule has 0 aliphatic rings. The first kappa shape index (κ1) is 16.2. The van der Waals surface area contributed by atoms with Gasteiger partial charge in [-0.3, -0.25) is 35.1 Å². The molecule has 12 nitrogen and oxygen atoms in total. The normalized spacial score (nSPS) is 10.3. The predicted octanol–water partition coefficient (Wildman–Crippen LogP) is -0.293. The van der Waals surface area contributed by atoms with E-state index in [-0.39, 0.29) is 0 Å². The fourth-order valence-electron chi connectivity index (χ4n) is 1.08. The maximum Gasteiger partial charge on any atom is 0.699 e. The zero-order valence-electron chi connectivity index (χ0n) is 9.38. The molecular formula is C7H8N4O8. The van der Waals surface area contributed by atoms with Crippen LogP contribution >= 0.6 is 0 Å². The molecule has 19 heavy (non-hydrogen) atoms. The average Bonchev–Trinajstić information content (AvgIpc) is 2.27. The van der Waals surface area contributed by atoms with Crippen LogP contribution < -0.4 is 0 Å². The molecule has 0 N–H and O–H groups in total. The zero-order chi connectivity index (χ0) is 15.1. The Balaban J connectivity index is 4.59. The summed E-state index contributed by atoms with van der Waals surface area (Å²) in [6.45, 7) is -0.488. The summed E-state index contributed by atoms with van der Waals surface area (Å²) in [7, 11) is 0. The van der Waals surface area contributed by atoms with E-state index in [9.17, 15) is 35.1 Å². The summed E-state index contributed by atoms with van der Waals surface area (Å²) >= 11 is 0. The van der Waals surface area contributed by atoms with Crippen LogP contribution in [-0.2, 0) is 9.53 Å². The highest BCUT2D eigenvalue weighted by atomic mass is 16.7. The molecule has 0 bridgehead atoms. The standard InChI is InChI=1S/C7H8N4O8/c8-4-2-6(12)19-5-1-3-7(9(13)14,10(15)16)11(17)18/h1-3,5H2. The van der Waals surface area contributed by atoms with E-state index in [0.717, 1.165) is 0 Å². The van der Waals surface area contributed by atoms with Crippen molar-refractivity contribution in [1.29, 1.82) is 5.26 Å². The number of nitriles is 1. The average molecular weight is 276 g/mol. The van der Waals surface area contributed by atoms with E-state index in [1.807, 2.05) is 0 Å². The van der Waals surface area contributed by atoms with Crippen LogP contribution in [0.2, 0.25) is 0 Å². The second-order valence-corrected chi connectivity index (χ2v) is 3.20. The number of carbonyl (C=O) groups is 1. The van der Waals surface area contributed by atoms with Gasteiger partial charge in [0.1, 0.15) is 6.42 Å². The molecule has 104 valence electrons. The first-order valence-corrected chi connectivity index (χ1v) is 4.75. The molecular weight excluding hydrogens is 268 g/mol. The van der Waals surface area contributed by atoms with Crippen LogP contribution in [0.5, 0.6) is 0 Å². The first-order chi connectivity index (χ1) is 8.78. The molecule has 0 aromatic heterocycles. The van der Waals surface area contributed by atoms with Crippen molar-refractivity contribution < 1.29 is 24.3 Å². The van der Waals surface area contributed by atoms with Crippen LogP contribution in [0.4, 0.5) is 0 Å². The van der Waals surface area contributed by atoms with Crippen molar-refractivity contribution in [1.82, 2.24) is 0 Å². The second kappa shape index (κ2) is 6.79. The van der Waals surface area contributed by atoms with Gasteiger partial charge >= 0.3 is 11.8 Å². The van der Waals surface area contributed by atoms with Crippen LogP contribution in [0, 0.1) is 41.7 Å². The second-order valence-electron chi connectivity index (χ2n) is 3.20. The number of nitrogens with zero attached hydrogens (tertiary/aromatic N) is 4. The molecule has 0 saturated heterocycles. The third-order valence-electron chi connectivity index (χ3n) is 2.02. The Kier molecular flexibility index (Phi) is 5.77. The molecule has 0 radical (unpaired) electrons. The Morgan fingerprint density at radius 2 is 1.63 bits per heavy atom. The van der Waals surface area contributed by atoms with E-state index in [1.54, 1.807) is 0 Å². The monoisotopic (exact) mass is 276 g/mol. The molecule has 0 rings (SSSR count). The Morgan fingerprint density at radius 3 is 2.00 bits per heavy atom. The number of hydrogen-bond acceptors (Lipinski definition) is 9. The third kappa shape index (κ3) is 3.84. The largest absolute Gasteiger partial charge is 0.699 e. The molecule has 0 amide bonds. The minimum absolute atomic E-state index is 0.458. The molecule has 0 heterocycles. The van der Waals surface area contributed by atoms with Gasteiger partial charge in [-0.05, 0) is 0 Å². The van der Waals surface area contributed by atoms with Gasteiger partial charge in [0.2, 0.25) is 0 Å². The van der Waals surface area contributed by atoms with Gasteiger partial charge in [-0.25, -0.2) is 0 Å². The van der Waals surface area contributed by atoms with Crippen LogP contribution in [-0.4, -0.2) is 33.1 Å². The van der Waals surface area contributed by atoms with E-state index >= 15 is 0 Å². The lowest BCUT2D eigenvalue weighted by molar-refractivity contribution is -0.970. The summed E-state index contributed by atoms with van der Waals surface area (Å²) in [5.74, 6) is -4.47. The lowest BCUT2D eigenvalue weighted by atomic mass is 10.2. The predicted molar refractivity (Wildman–Crippen MR) is 54.1 cm³/mol. The molecule has 0 aliphatic carbocycles. The molecule has 0 atom stereocenters. The number of hydrogen-bond donors (Lipinski definition) is 0. The van der Waals surface area contributed by atoms with Gasteiger partial charge in [0, 0.05) is 6.42 Å². The quantitative estimate of drug-likeness (QED) is 0.189. The van der Waals surface area contributed by atoms with Crippen molar-refractivity contribution in [2.45, 2.75) is 25.0 Å². The van der Waals surface area contributed by atoms with Gasteiger partial charge in [0.05, 0.1) is 12.7 Å². The number of esters is 1. The van der Waals surface area contributed by atoms with Crippen LogP contribution in [0.1, 0.15) is 19.3 Å². The van der Waals surface area contributed by atoms with Crippen molar-refractivity contribution in [3.8, 4) is 6.07 Å². The summed E-state index contributed by atoms with van der Waals surface area (Å²) in [5.41, 5.74) is 0. The minimum atomic E-state index is -3.55. The number of ether oxygens (including phenoxy) is 1. The maximum atomic E-state index is 10.7. The number of rotatable bonds is 8. The third-order valence-corrected chi connectivity index (χ3v) is 2.02. The molecule has 0 saturated carbocycles. The van der Waals surface area contributed by atoms with E-state index in [2.05, 4.69) is 4.74 Å². The molecule has 12 heteroatoms. The Bertz CT molecular complexity index is 405. The highest BCUT2D eigenvalue weighted by molar-refractivity contribution is 5.71. The summed E-state index contributed by atoms with van der Waals surface area (Å²) in [6.07, 6.45) is -2.05. The molecule has 0 unspecified atom stereocenters. The van der Waals surface area contributed by atoms with Gasteiger partial charge < -0.3 is 4.74 Å². The topological polar surface area (TPSA) is 180 Å². The van der Waals surface area contributed by atoms with Crippen molar-refractivity contribution >= 4 is 5.97 Å². The SMILES string of the molecule is N#CCC(=O)OCCCC([N+](=O)[O-])([N+](=O)[O-])[N+](=O)[O-]. The highest BCUT2D eigenvalue weighted by Gasteiger charge is 2.69. The summed E-state index contributed by atoms with van der Waals surface area (Å²) in [5, 5.41) is 39.6. The summed E-state index contributed by atoms with van der Waals surface area (Å²) < 4.78 is 4.39. The molecule has 0 aromatic carbocycles. The maximum absolute atomic E-state index is 10.7. The molecule has 0 fully saturated rings. The van der Waals surface area contributed by atoms with Crippen LogP contribution in [0.25, 0.3) is 0 Å². The van der Waals surface area contributed by atoms with Gasteiger partial charge in [-0.15, -0.1) is 0 Å². The van der Waals surface area contributed by atoms with E-state index in [0.29, 0.717) is 0 Å². The van der Waals surface area contributed by atoms with E-state index in [4.69, 9.17) is 5.26 Å². The number of carbonyl (C=O) groups excluding carboxylic acids is 1. The Labute approximate surface area is 105 Å². The van der Waals surface area contributed by atoms with E-state index in [1.165, 1.54) is 6.07 Å². The van der Waals surface area contributed by atoms with E-state index < -0.39 is 52.4 Å². The molecule has 0 aliphatic heterocycles. The lowest BCUT2D eigenvalue weighted by Crippen LogP contribution is -2.53. The zero-order valence-corrected chi connectivity index (χ0v) is 9.38. The first-order valence-electron chi connectivity index (χ1n) is 4.75. The van der Waals surface area contributed by atoms with Gasteiger partial charge in [0.25, 0.3) is 0 Å². The summed E-state index contributed by atoms with van der Waals surface area (Å²) in [6, 6.07) is 1.48. The van der Waals surface area contributed by atoms with Gasteiger partial charge in [-0.2, -0.15) is 5.26 Å². The lowest BCUT2D eigenvalue weighted by Gasteiger charge is -2.08. The van der Waals surface area contributed by atoms with Gasteiger partial charge in [0.15, 0.2) is 21.2 Å². The summed E-state index contributed by atoms with van der Waals surface area (Å²) in [4.78, 5) is 37.4. The van der Waals surface area contributed by atoms with Crippen molar-refractivity contribution in [3.05, 3.63) is 30.3 Å². The Hall–Kier alpha value is -2.84. The molecule has 0 aromatic rings. The van der Waals surface area contributed by atoms with Crippen molar-refractivity contribution in [3.63, 3.8) is 0 Å². The Morgan fingerprint density at radius 1 is 1.16 bits per heavy atom. The minimum Gasteiger partial charge on any atom is -0.465 e. The molecule has 0 spiro atoms. The van der Waals surface area contributed by atoms with Crippen molar-refractivity contribution in [2.75, 3.05) is 6.61 Å². The smallest absolute Gasteiger partial charge is 0.465 e.